The van der Waals surface area contributed by atoms with Gasteiger partial charge in [-0.15, -0.1) is 0 Å². The van der Waals surface area contributed by atoms with Crippen molar-refractivity contribution < 1.29 is 14.3 Å². The molecule has 36 heavy (non-hydrogen) atoms. The van der Waals surface area contributed by atoms with E-state index < -0.39 is 11.9 Å². The summed E-state index contributed by atoms with van der Waals surface area (Å²) in [4.78, 5) is 25.2. The molecule has 7 nitrogen and oxygen atoms in total. The first-order valence-electron chi connectivity index (χ1n) is 11.1. The van der Waals surface area contributed by atoms with Gasteiger partial charge in [-0.3, -0.25) is 9.59 Å². The number of halogens is 2. The molecule has 184 valence electrons. The lowest BCUT2D eigenvalue weighted by atomic mass is 10.0. The molecule has 0 saturated carbocycles. The van der Waals surface area contributed by atoms with Crippen LogP contribution in [0.25, 0.3) is 0 Å². The van der Waals surface area contributed by atoms with E-state index in [0.717, 1.165) is 11.1 Å². The molecule has 0 aliphatic rings. The van der Waals surface area contributed by atoms with E-state index >= 15 is 0 Å². The number of ether oxygens (including phenoxy) is 1. The van der Waals surface area contributed by atoms with Gasteiger partial charge in [0, 0.05) is 16.1 Å². The lowest BCUT2D eigenvalue weighted by molar-refractivity contribution is -0.123. The van der Waals surface area contributed by atoms with Gasteiger partial charge in [0.2, 0.25) is 0 Å². The highest BCUT2D eigenvalue weighted by molar-refractivity contribution is 9.10. The third kappa shape index (κ3) is 7.41. The Morgan fingerprint density at radius 3 is 2.53 bits per heavy atom. The number of nitrogens with one attached hydrogen (secondary N) is 2. The Bertz CT molecular complexity index is 1300. The standard InChI is InChI=1S/C27H24BrClN4O3/c1-17(2)25(32-26(34)19-8-10-22(29)11-9-19)27(35)33-31-15-18-7-12-24(23(28)13-18)36-16-21-6-4-3-5-20(21)14-30/h3-13,15,17,25H,16H2,1-2H3,(H,32,34)(H,33,35). The smallest absolute Gasteiger partial charge is 0.262 e. The second-order valence-electron chi connectivity index (χ2n) is 8.18. The normalized spacial score (nSPS) is 11.7. The number of carbonyl (C=O) groups excluding carboxylic acids is 2. The molecule has 0 radical (unpaired) electrons. The summed E-state index contributed by atoms with van der Waals surface area (Å²) >= 11 is 9.35. The molecule has 0 spiro atoms. The minimum atomic E-state index is -0.774. The number of rotatable bonds is 9. The van der Waals surface area contributed by atoms with Crippen molar-refractivity contribution in [1.29, 1.82) is 5.26 Å². The molecule has 0 aliphatic carbocycles. The number of nitrogens with zero attached hydrogens (tertiary/aromatic N) is 2. The molecule has 0 aromatic heterocycles. The van der Waals surface area contributed by atoms with Crippen LogP contribution in [0.1, 0.15) is 40.9 Å². The lowest BCUT2D eigenvalue weighted by Crippen LogP contribution is -2.48. The maximum absolute atomic E-state index is 12.7. The third-order valence-corrected chi connectivity index (χ3v) is 6.08. The summed E-state index contributed by atoms with van der Waals surface area (Å²) < 4.78 is 6.54. The SMILES string of the molecule is CC(C)C(NC(=O)c1ccc(Cl)cc1)C(=O)NN=Cc1ccc(OCc2ccccc2C#N)c(Br)c1. The summed E-state index contributed by atoms with van der Waals surface area (Å²) in [5, 5.41) is 16.5. The van der Waals surface area contributed by atoms with E-state index in [1.165, 1.54) is 6.21 Å². The monoisotopic (exact) mass is 566 g/mol. The average Bonchev–Trinajstić information content (AvgIpc) is 2.87. The van der Waals surface area contributed by atoms with Crippen LogP contribution in [0.4, 0.5) is 0 Å². The number of hydrogen-bond donors (Lipinski definition) is 2. The van der Waals surface area contributed by atoms with Gasteiger partial charge < -0.3 is 10.1 Å². The van der Waals surface area contributed by atoms with E-state index in [0.29, 0.717) is 26.4 Å². The predicted molar refractivity (Wildman–Crippen MR) is 143 cm³/mol. The van der Waals surface area contributed by atoms with E-state index in [9.17, 15) is 14.9 Å². The van der Waals surface area contributed by atoms with Crippen molar-refractivity contribution in [2.45, 2.75) is 26.5 Å². The van der Waals surface area contributed by atoms with Gasteiger partial charge >= 0.3 is 0 Å². The first kappa shape index (κ1) is 26.9. The van der Waals surface area contributed by atoms with Crippen molar-refractivity contribution in [2.75, 3.05) is 0 Å². The molecule has 0 aliphatic heterocycles. The molecule has 0 heterocycles. The lowest BCUT2D eigenvalue weighted by Gasteiger charge is -2.20. The molecule has 3 aromatic carbocycles. The minimum Gasteiger partial charge on any atom is -0.488 e. The van der Waals surface area contributed by atoms with E-state index in [1.807, 2.05) is 32.0 Å². The second-order valence-corrected chi connectivity index (χ2v) is 9.47. The van der Waals surface area contributed by atoms with Gasteiger partial charge in [-0.25, -0.2) is 5.43 Å². The van der Waals surface area contributed by atoms with Crippen LogP contribution in [0.15, 0.2) is 76.3 Å². The Morgan fingerprint density at radius 1 is 1.14 bits per heavy atom. The molecule has 1 unspecified atom stereocenters. The Morgan fingerprint density at radius 2 is 1.86 bits per heavy atom. The topological polar surface area (TPSA) is 104 Å². The molecular weight excluding hydrogens is 544 g/mol. The van der Waals surface area contributed by atoms with Gasteiger partial charge in [0.15, 0.2) is 0 Å². The van der Waals surface area contributed by atoms with Crippen LogP contribution < -0.4 is 15.5 Å². The molecule has 3 rings (SSSR count). The summed E-state index contributed by atoms with van der Waals surface area (Å²) in [5.74, 6) is -0.359. The van der Waals surface area contributed by atoms with Gasteiger partial charge in [0.1, 0.15) is 18.4 Å². The fraction of sp³-hybridized carbons (Fsp3) is 0.185. The Hall–Kier alpha value is -3.67. The summed E-state index contributed by atoms with van der Waals surface area (Å²) in [7, 11) is 0. The molecule has 3 aromatic rings. The average molecular weight is 568 g/mol. The van der Waals surface area contributed by atoms with Gasteiger partial charge in [-0.2, -0.15) is 10.4 Å². The van der Waals surface area contributed by atoms with Gasteiger partial charge in [0.05, 0.1) is 22.3 Å². The van der Waals surface area contributed by atoms with Gasteiger partial charge in [-0.1, -0.05) is 43.6 Å². The number of benzene rings is 3. The highest BCUT2D eigenvalue weighted by Crippen LogP contribution is 2.26. The molecule has 0 bridgehead atoms. The van der Waals surface area contributed by atoms with Gasteiger partial charge in [0.25, 0.3) is 11.8 Å². The van der Waals surface area contributed by atoms with Crippen molar-refractivity contribution >= 4 is 45.6 Å². The zero-order chi connectivity index (χ0) is 26.1. The summed E-state index contributed by atoms with van der Waals surface area (Å²) in [6.45, 7) is 3.92. The molecule has 1 atom stereocenters. The highest BCUT2D eigenvalue weighted by Gasteiger charge is 2.24. The number of nitriles is 1. The maximum atomic E-state index is 12.7. The Balaban J connectivity index is 1.58. The van der Waals surface area contributed by atoms with E-state index in [2.05, 4.69) is 37.8 Å². The van der Waals surface area contributed by atoms with Crippen molar-refractivity contribution in [3.63, 3.8) is 0 Å². The summed E-state index contributed by atoms with van der Waals surface area (Å²) in [6, 6.07) is 20.4. The highest BCUT2D eigenvalue weighted by atomic mass is 79.9. The van der Waals surface area contributed by atoms with Crippen LogP contribution in [-0.4, -0.2) is 24.1 Å². The molecule has 2 N–H and O–H groups in total. The zero-order valence-electron chi connectivity index (χ0n) is 19.7. The molecular formula is C27H24BrClN4O3. The fourth-order valence-corrected chi connectivity index (χ4v) is 3.86. The zero-order valence-corrected chi connectivity index (χ0v) is 22.0. The van der Waals surface area contributed by atoms with Crippen molar-refractivity contribution in [1.82, 2.24) is 10.7 Å². The van der Waals surface area contributed by atoms with E-state index in [4.69, 9.17) is 16.3 Å². The molecule has 0 fully saturated rings. The predicted octanol–water partition coefficient (Wildman–Crippen LogP) is 5.46. The molecule has 9 heteroatoms. The van der Waals surface area contributed by atoms with E-state index in [-0.39, 0.29) is 18.4 Å². The van der Waals surface area contributed by atoms with Crippen LogP contribution >= 0.6 is 27.5 Å². The van der Waals surface area contributed by atoms with Crippen LogP contribution in [-0.2, 0) is 11.4 Å². The Labute approximate surface area is 223 Å². The van der Waals surface area contributed by atoms with Gasteiger partial charge in [-0.05, 0) is 75.9 Å². The van der Waals surface area contributed by atoms with Crippen LogP contribution in [0.2, 0.25) is 5.02 Å². The second kappa shape index (κ2) is 12.9. The third-order valence-electron chi connectivity index (χ3n) is 5.21. The van der Waals surface area contributed by atoms with Crippen molar-refractivity contribution in [3.05, 3.63) is 98.5 Å². The van der Waals surface area contributed by atoms with Crippen molar-refractivity contribution in [3.8, 4) is 11.8 Å². The minimum absolute atomic E-state index is 0.159. The number of carbonyl (C=O) groups is 2. The number of amides is 2. The quantitative estimate of drug-likeness (QED) is 0.265. The fourth-order valence-electron chi connectivity index (χ4n) is 3.23. The Kier molecular flexibility index (Phi) is 9.62. The summed E-state index contributed by atoms with van der Waals surface area (Å²) in [6.07, 6.45) is 1.50. The van der Waals surface area contributed by atoms with Crippen LogP contribution in [0.3, 0.4) is 0 Å². The van der Waals surface area contributed by atoms with Crippen molar-refractivity contribution in [2.24, 2.45) is 11.0 Å². The largest absolute Gasteiger partial charge is 0.488 e. The first-order chi connectivity index (χ1) is 17.3. The molecule has 2 amide bonds. The molecule has 0 saturated heterocycles. The van der Waals surface area contributed by atoms with Crippen LogP contribution in [0, 0.1) is 17.2 Å². The number of hydrazone groups is 1. The van der Waals surface area contributed by atoms with E-state index in [1.54, 1.807) is 48.5 Å². The van der Waals surface area contributed by atoms with Crippen LogP contribution in [0.5, 0.6) is 5.75 Å². The first-order valence-corrected chi connectivity index (χ1v) is 12.2. The summed E-state index contributed by atoms with van der Waals surface area (Å²) in [5.41, 5.74) is 4.98. The maximum Gasteiger partial charge on any atom is 0.262 e. The number of hydrogen-bond acceptors (Lipinski definition) is 5.